The molecule has 63 valence electrons. The topological polar surface area (TPSA) is 0 Å². The third kappa shape index (κ3) is 3.38. The fraction of sp³-hybridized carbons (Fsp3) is 0.333. The van der Waals surface area contributed by atoms with Crippen molar-refractivity contribution in [1.82, 2.24) is 0 Å². The van der Waals surface area contributed by atoms with E-state index in [0.717, 1.165) is 6.42 Å². The van der Waals surface area contributed by atoms with Crippen LogP contribution in [0.15, 0.2) is 30.3 Å². The summed E-state index contributed by atoms with van der Waals surface area (Å²) < 4.78 is 0. The molecule has 0 bridgehead atoms. The maximum atomic E-state index is 3.28. The van der Waals surface area contributed by atoms with E-state index in [9.17, 15) is 0 Å². The van der Waals surface area contributed by atoms with Crippen molar-refractivity contribution in [1.29, 1.82) is 0 Å². The van der Waals surface area contributed by atoms with E-state index in [0.29, 0.717) is 0 Å². The number of hydrogen-bond donors (Lipinski definition) is 0. The lowest BCUT2D eigenvalue weighted by Crippen LogP contribution is -1.70. The number of rotatable bonds is 4. The lowest BCUT2D eigenvalue weighted by Gasteiger charge is -1.90. The minimum absolute atomic E-state index is 1.07. The van der Waals surface area contributed by atoms with Crippen LogP contribution in [0.1, 0.15) is 31.7 Å². The van der Waals surface area contributed by atoms with Gasteiger partial charge in [-0.3, -0.25) is 0 Å². The van der Waals surface area contributed by atoms with Crippen LogP contribution in [0.2, 0.25) is 0 Å². The van der Waals surface area contributed by atoms with Gasteiger partial charge in [0.05, 0.1) is 0 Å². The number of benzene rings is 1. The molecular weight excluding hydrogens is 144 g/mol. The van der Waals surface area contributed by atoms with Crippen molar-refractivity contribution in [3.05, 3.63) is 42.0 Å². The minimum atomic E-state index is 1.07. The molecule has 0 saturated carbocycles. The zero-order chi connectivity index (χ0) is 8.65. The summed E-state index contributed by atoms with van der Waals surface area (Å²) in [6.07, 6.45) is 8.90. The summed E-state index contributed by atoms with van der Waals surface area (Å²) in [6, 6.07) is 10.3. The maximum Gasteiger partial charge on any atom is -0.0254 e. The third-order valence-electron chi connectivity index (χ3n) is 1.74. The third-order valence-corrected chi connectivity index (χ3v) is 1.74. The first-order valence-corrected chi connectivity index (χ1v) is 4.55. The Morgan fingerprint density at radius 3 is 2.67 bits per heavy atom. The molecule has 0 nitrogen and oxygen atoms in total. The highest BCUT2D eigenvalue weighted by Crippen LogP contribution is 2.02. The molecule has 1 rings (SSSR count). The van der Waals surface area contributed by atoms with Gasteiger partial charge in [0, 0.05) is 0 Å². The van der Waals surface area contributed by atoms with Gasteiger partial charge in [0.15, 0.2) is 0 Å². The van der Waals surface area contributed by atoms with Crippen LogP contribution >= 0.6 is 0 Å². The first kappa shape index (κ1) is 9.05. The van der Waals surface area contributed by atoms with Gasteiger partial charge in [-0.25, -0.2) is 0 Å². The summed E-state index contributed by atoms with van der Waals surface area (Å²) in [5.74, 6) is 0. The van der Waals surface area contributed by atoms with E-state index in [2.05, 4.69) is 31.2 Å². The van der Waals surface area contributed by atoms with Gasteiger partial charge in [0.2, 0.25) is 0 Å². The molecule has 0 amide bonds. The standard InChI is InChI=1S/C12H15/c1-2-3-4-6-9-12-10-7-5-8-11-12/h5,7-11H,2-4H2,1H3. The van der Waals surface area contributed by atoms with E-state index in [1.54, 1.807) is 0 Å². The van der Waals surface area contributed by atoms with Gasteiger partial charge in [0.25, 0.3) is 0 Å². The normalized spacial score (nSPS) is 10.8. The number of hydrogen-bond acceptors (Lipinski definition) is 0. The second-order valence-corrected chi connectivity index (χ2v) is 2.86. The average molecular weight is 159 g/mol. The van der Waals surface area contributed by atoms with Crippen molar-refractivity contribution in [2.75, 3.05) is 0 Å². The van der Waals surface area contributed by atoms with Crippen molar-refractivity contribution >= 4 is 6.08 Å². The van der Waals surface area contributed by atoms with E-state index in [4.69, 9.17) is 0 Å². The molecule has 0 aliphatic heterocycles. The highest BCUT2D eigenvalue weighted by atomic mass is 13.9. The van der Waals surface area contributed by atoms with Gasteiger partial charge < -0.3 is 0 Å². The minimum Gasteiger partial charge on any atom is -0.0654 e. The summed E-state index contributed by atoms with van der Waals surface area (Å²) in [4.78, 5) is 0. The molecule has 0 aliphatic rings. The molecule has 0 spiro atoms. The fourth-order valence-corrected chi connectivity index (χ4v) is 1.02. The van der Waals surface area contributed by atoms with Crippen LogP contribution in [0.3, 0.4) is 0 Å². The predicted octanol–water partition coefficient (Wildman–Crippen LogP) is 3.69. The molecule has 1 aromatic rings. The molecule has 0 aliphatic carbocycles. The summed E-state index contributed by atoms with van der Waals surface area (Å²) in [7, 11) is 0. The zero-order valence-corrected chi connectivity index (χ0v) is 7.59. The van der Waals surface area contributed by atoms with E-state index in [-0.39, 0.29) is 0 Å². The quantitative estimate of drug-likeness (QED) is 0.588. The van der Waals surface area contributed by atoms with E-state index in [1.807, 2.05) is 18.2 Å². The van der Waals surface area contributed by atoms with Gasteiger partial charge >= 0.3 is 0 Å². The summed E-state index contributed by atoms with van der Waals surface area (Å²) in [5.41, 5.74) is 1.24. The molecule has 0 fully saturated rings. The van der Waals surface area contributed by atoms with Crippen molar-refractivity contribution in [2.24, 2.45) is 0 Å². The van der Waals surface area contributed by atoms with Crippen molar-refractivity contribution in [2.45, 2.75) is 26.2 Å². The first-order valence-electron chi connectivity index (χ1n) is 4.55. The highest BCUT2D eigenvalue weighted by molar-refractivity contribution is 5.46. The predicted molar refractivity (Wildman–Crippen MR) is 53.7 cm³/mol. The van der Waals surface area contributed by atoms with Crippen LogP contribution in [-0.4, -0.2) is 0 Å². The summed E-state index contributed by atoms with van der Waals surface area (Å²) >= 11 is 0. The van der Waals surface area contributed by atoms with Crippen molar-refractivity contribution in [3.8, 4) is 0 Å². The van der Waals surface area contributed by atoms with E-state index in [1.165, 1.54) is 18.4 Å². The second kappa shape index (κ2) is 5.59. The number of allylic oxidation sites excluding steroid dienone is 1. The monoisotopic (exact) mass is 159 g/mol. The lowest BCUT2D eigenvalue weighted by molar-refractivity contribution is 0.806. The Kier molecular flexibility index (Phi) is 4.22. The van der Waals surface area contributed by atoms with Crippen LogP contribution < -0.4 is 0 Å². The highest BCUT2D eigenvalue weighted by Gasteiger charge is 1.82. The van der Waals surface area contributed by atoms with Crippen molar-refractivity contribution in [3.63, 3.8) is 0 Å². The zero-order valence-electron chi connectivity index (χ0n) is 7.59. The first-order chi connectivity index (χ1) is 5.93. The van der Waals surface area contributed by atoms with Gasteiger partial charge in [-0.2, -0.15) is 0 Å². The molecule has 0 N–H and O–H groups in total. The second-order valence-electron chi connectivity index (χ2n) is 2.86. The van der Waals surface area contributed by atoms with Crippen LogP contribution in [0, 0.1) is 6.08 Å². The largest absolute Gasteiger partial charge is 0.0654 e. The molecule has 0 saturated heterocycles. The lowest BCUT2D eigenvalue weighted by atomic mass is 10.2. The molecule has 0 unspecified atom stereocenters. The van der Waals surface area contributed by atoms with E-state index < -0.39 is 0 Å². The Hall–Kier alpha value is -1.04. The van der Waals surface area contributed by atoms with Crippen LogP contribution in [-0.2, 0) is 0 Å². The van der Waals surface area contributed by atoms with E-state index >= 15 is 0 Å². The smallest absolute Gasteiger partial charge is 0.0254 e. The van der Waals surface area contributed by atoms with Gasteiger partial charge in [-0.05, 0) is 24.5 Å². The Morgan fingerprint density at radius 2 is 2.00 bits per heavy atom. The molecule has 0 heterocycles. The Labute approximate surface area is 74.9 Å². The summed E-state index contributed by atoms with van der Waals surface area (Å²) in [6.45, 7) is 2.20. The fourth-order valence-electron chi connectivity index (χ4n) is 1.02. The van der Waals surface area contributed by atoms with Gasteiger partial charge in [-0.1, -0.05) is 49.8 Å². The van der Waals surface area contributed by atoms with Gasteiger partial charge in [-0.15, -0.1) is 0 Å². The van der Waals surface area contributed by atoms with Gasteiger partial charge in [0.1, 0.15) is 0 Å². The Morgan fingerprint density at radius 1 is 1.25 bits per heavy atom. The maximum absolute atomic E-state index is 3.28. The summed E-state index contributed by atoms with van der Waals surface area (Å²) in [5, 5.41) is 0. The molecule has 12 heavy (non-hydrogen) atoms. The van der Waals surface area contributed by atoms with Crippen molar-refractivity contribution < 1.29 is 0 Å². The Balaban J connectivity index is 2.36. The molecular formula is C12H15. The average Bonchev–Trinajstić information content (AvgIpc) is 2.14. The van der Waals surface area contributed by atoms with Crippen LogP contribution in [0.25, 0.3) is 6.08 Å². The number of unbranched alkanes of at least 4 members (excludes halogenated alkanes) is 2. The SMILES string of the molecule is CCCC[C]=Cc1ccccc1. The molecule has 1 aromatic carbocycles. The molecule has 1 radical (unpaired) electrons. The van der Waals surface area contributed by atoms with Crippen LogP contribution in [0.4, 0.5) is 0 Å². The Bertz CT molecular complexity index is 221. The molecule has 0 atom stereocenters. The molecule has 0 heteroatoms. The van der Waals surface area contributed by atoms with Crippen LogP contribution in [0.5, 0.6) is 0 Å². The molecule has 0 aromatic heterocycles.